The summed E-state index contributed by atoms with van der Waals surface area (Å²) in [6, 6.07) is 14.2. The first-order chi connectivity index (χ1) is 12.6. The van der Waals surface area contributed by atoms with Crippen molar-refractivity contribution in [3.8, 4) is 22.1 Å². The number of nitrogens with zero attached hydrogens (tertiary/aromatic N) is 1. The summed E-state index contributed by atoms with van der Waals surface area (Å²) in [7, 11) is 3.29. The van der Waals surface area contributed by atoms with Crippen LogP contribution < -0.4 is 14.8 Å². The first-order valence-corrected chi connectivity index (χ1v) is 9.62. The fraction of sp³-hybridized carbons (Fsp3) is 0.250. The number of rotatable bonds is 7. The van der Waals surface area contributed by atoms with Crippen molar-refractivity contribution in [2.75, 3.05) is 14.2 Å². The monoisotopic (exact) mass is 389 g/mol. The van der Waals surface area contributed by atoms with Gasteiger partial charge in [0.2, 0.25) is 0 Å². The molecule has 1 aromatic heterocycles. The summed E-state index contributed by atoms with van der Waals surface area (Å²) >= 11 is 7.58. The molecule has 4 nitrogen and oxygen atoms in total. The molecule has 0 aliphatic heterocycles. The van der Waals surface area contributed by atoms with E-state index in [9.17, 15) is 0 Å². The zero-order valence-electron chi connectivity index (χ0n) is 15.0. The van der Waals surface area contributed by atoms with Crippen LogP contribution in [-0.4, -0.2) is 19.2 Å². The Morgan fingerprint density at radius 3 is 2.58 bits per heavy atom. The number of hydrogen-bond donors (Lipinski definition) is 1. The second-order valence-corrected chi connectivity index (χ2v) is 7.26. The van der Waals surface area contributed by atoms with Crippen molar-refractivity contribution in [1.82, 2.24) is 4.98 Å². The highest BCUT2D eigenvalue weighted by molar-refractivity contribution is 7.13. The molecule has 0 fully saturated rings. The van der Waals surface area contributed by atoms with Gasteiger partial charge in [-0.05, 0) is 31.2 Å². The van der Waals surface area contributed by atoms with Gasteiger partial charge in [-0.2, -0.15) is 0 Å². The molecule has 0 radical (unpaired) electrons. The lowest BCUT2D eigenvalue weighted by Gasteiger charge is -2.11. The molecule has 0 aliphatic rings. The number of para-hydroxylation sites is 1. The lowest BCUT2D eigenvalue weighted by Crippen LogP contribution is -2.83. The molecule has 2 N–H and O–H groups in total. The quantitative estimate of drug-likeness (QED) is 0.655. The third-order valence-electron chi connectivity index (χ3n) is 4.26. The third-order valence-corrected chi connectivity index (χ3v) is 5.44. The maximum absolute atomic E-state index is 5.96. The number of hydrogen-bond acceptors (Lipinski definition) is 4. The van der Waals surface area contributed by atoms with Crippen molar-refractivity contribution >= 4 is 22.9 Å². The Morgan fingerprint density at radius 1 is 1.12 bits per heavy atom. The van der Waals surface area contributed by atoms with Gasteiger partial charge in [0, 0.05) is 16.0 Å². The van der Waals surface area contributed by atoms with Crippen LogP contribution in [0.25, 0.3) is 10.6 Å². The summed E-state index contributed by atoms with van der Waals surface area (Å²) in [5, 5.41) is 6.06. The molecule has 1 atom stereocenters. The highest BCUT2D eigenvalue weighted by atomic mass is 35.5. The minimum Gasteiger partial charge on any atom is -0.493 e. The van der Waals surface area contributed by atoms with E-state index >= 15 is 0 Å². The Labute approximate surface area is 162 Å². The largest absolute Gasteiger partial charge is 0.493 e. The normalized spacial score (nSPS) is 12.0. The second kappa shape index (κ2) is 8.54. The summed E-state index contributed by atoms with van der Waals surface area (Å²) in [5.74, 6) is 1.43. The fourth-order valence-electron chi connectivity index (χ4n) is 2.78. The second-order valence-electron chi connectivity index (χ2n) is 5.97. The molecule has 0 amide bonds. The summed E-state index contributed by atoms with van der Waals surface area (Å²) in [4.78, 5) is 4.77. The van der Waals surface area contributed by atoms with Gasteiger partial charge in [-0.3, -0.25) is 0 Å². The molecular formula is C20H22ClN2O2S+. The minimum atomic E-state index is 0.337. The number of benzene rings is 2. The highest BCUT2D eigenvalue weighted by Gasteiger charge is 2.16. The topological polar surface area (TPSA) is 48.0 Å². The van der Waals surface area contributed by atoms with Gasteiger partial charge in [-0.25, -0.2) is 4.98 Å². The van der Waals surface area contributed by atoms with Crippen molar-refractivity contribution < 1.29 is 14.8 Å². The van der Waals surface area contributed by atoms with Crippen molar-refractivity contribution in [3.63, 3.8) is 0 Å². The molecule has 6 heteroatoms. The van der Waals surface area contributed by atoms with Crippen molar-refractivity contribution in [2.45, 2.75) is 19.5 Å². The van der Waals surface area contributed by atoms with Crippen LogP contribution in [0.15, 0.2) is 47.8 Å². The fourth-order valence-corrected chi connectivity index (χ4v) is 3.76. The van der Waals surface area contributed by atoms with Gasteiger partial charge >= 0.3 is 0 Å². The van der Waals surface area contributed by atoms with Crippen LogP contribution in [0.3, 0.4) is 0 Å². The van der Waals surface area contributed by atoms with Crippen LogP contribution in [0.2, 0.25) is 5.02 Å². The summed E-state index contributed by atoms with van der Waals surface area (Å²) < 4.78 is 10.9. The van der Waals surface area contributed by atoms with Crippen LogP contribution in [0, 0.1) is 0 Å². The van der Waals surface area contributed by atoms with E-state index in [1.165, 1.54) is 5.56 Å². The number of thiazole rings is 1. The summed E-state index contributed by atoms with van der Waals surface area (Å²) in [5.41, 5.74) is 3.25. The van der Waals surface area contributed by atoms with E-state index in [4.69, 9.17) is 26.1 Å². The smallest absolute Gasteiger partial charge is 0.170 e. The van der Waals surface area contributed by atoms with Gasteiger partial charge in [-0.15, -0.1) is 11.3 Å². The Balaban J connectivity index is 1.71. The zero-order valence-corrected chi connectivity index (χ0v) is 16.6. The predicted octanol–water partition coefficient (Wildman–Crippen LogP) is 4.31. The maximum Gasteiger partial charge on any atom is 0.170 e. The van der Waals surface area contributed by atoms with Crippen LogP contribution in [0.1, 0.15) is 24.2 Å². The third kappa shape index (κ3) is 4.18. The molecule has 0 bridgehead atoms. The SMILES string of the molecule is COc1cccc(-c2nc(C[NH2+][C@@H](C)c3ccc(Cl)cc3)cs2)c1OC. The molecule has 0 unspecified atom stereocenters. The van der Waals surface area contributed by atoms with Gasteiger partial charge in [0.1, 0.15) is 23.3 Å². The molecule has 26 heavy (non-hydrogen) atoms. The molecule has 0 spiro atoms. The average molecular weight is 390 g/mol. The number of methoxy groups -OCH3 is 2. The first kappa shape index (κ1) is 18.7. The standard InChI is InChI=1S/C20H21ClN2O2S/c1-13(14-7-9-15(21)10-8-14)22-11-16-12-26-20(23-16)17-5-4-6-18(24-2)19(17)25-3/h4-10,12-13,22H,11H2,1-3H3/p+1/t13-/m0/s1. The van der Waals surface area contributed by atoms with Crippen molar-refractivity contribution in [1.29, 1.82) is 0 Å². The van der Waals surface area contributed by atoms with E-state index in [0.29, 0.717) is 11.8 Å². The lowest BCUT2D eigenvalue weighted by molar-refractivity contribution is -0.708. The van der Waals surface area contributed by atoms with Gasteiger partial charge < -0.3 is 14.8 Å². The summed E-state index contributed by atoms with van der Waals surface area (Å²) in [6.07, 6.45) is 0. The zero-order chi connectivity index (χ0) is 18.5. The van der Waals surface area contributed by atoms with Crippen LogP contribution in [0.4, 0.5) is 0 Å². The molecule has 3 rings (SSSR count). The van der Waals surface area contributed by atoms with Crippen molar-refractivity contribution in [2.24, 2.45) is 0 Å². The molecule has 3 aromatic rings. The molecular weight excluding hydrogens is 368 g/mol. The van der Waals surface area contributed by atoms with Gasteiger partial charge in [0.15, 0.2) is 11.5 Å². The Hall–Kier alpha value is -2.08. The van der Waals surface area contributed by atoms with E-state index < -0.39 is 0 Å². The van der Waals surface area contributed by atoms with E-state index in [0.717, 1.165) is 33.6 Å². The average Bonchev–Trinajstić information content (AvgIpc) is 3.14. The number of halogens is 1. The molecule has 136 valence electrons. The van der Waals surface area contributed by atoms with Crippen LogP contribution in [-0.2, 0) is 6.54 Å². The number of ether oxygens (including phenoxy) is 2. The van der Waals surface area contributed by atoms with E-state index in [-0.39, 0.29) is 0 Å². The van der Waals surface area contributed by atoms with Crippen LogP contribution in [0.5, 0.6) is 11.5 Å². The van der Waals surface area contributed by atoms with Crippen LogP contribution >= 0.6 is 22.9 Å². The van der Waals surface area contributed by atoms with E-state index in [2.05, 4.69) is 29.8 Å². The molecule has 0 saturated carbocycles. The first-order valence-electron chi connectivity index (χ1n) is 8.37. The highest BCUT2D eigenvalue weighted by Crippen LogP contribution is 2.38. The number of aromatic nitrogens is 1. The lowest BCUT2D eigenvalue weighted by atomic mass is 10.1. The number of nitrogens with two attached hydrogens (primary N) is 1. The Morgan fingerprint density at radius 2 is 1.88 bits per heavy atom. The van der Waals surface area contributed by atoms with Crippen molar-refractivity contribution in [3.05, 3.63) is 64.1 Å². The van der Waals surface area contributed by atoms with Gasteiger partial charge in [-0.1, -0.05) is 29.8 Å². The molecule has 0 aliphatic carbocycles. The van der Waals surface area contributed by atoms with E-state index in [1.807, 2.05) is 30.3 Å². The van der Waals surface area contributed by atoms with Gasteiger partial charge in [0.25, 0.3) is 0 Å². The summed E-state index contributed by atoms with van der Waals surface area (Å²) in [6.45, 7) is 2.99. The molecule has 2 aromatic carbocycles. The molecule has 1 heterocycles. The minimum absolute atomic E-state index is 0.337. The number of quaternary nitrogens is 1. The van der Waals surface area contributed by atoms with Gasteiger partial charge in [0.05, 0.1) is 19.8 Å². The Kier molecular flexibility index (Phi) is 6.14. The molecule has 0 saturated heterocycles. The maximum atomic E-state index is 5.96. The predicted molar refractivity (Wildman–Crippen MR) is 106 cm³/mol. The Bertz CT molecular complexity index is 865. The van der Waals surface area contributed by atoms with E-state index in [1.54, 1.807) is 25.6 Å².